The smallest absolute Gasteiger partial charge is 0.335 e. The molecule has 1 unspecified atom stereocenters. The second-order valence-electron chi connectivity index (χ2n) is 5.77. The largest absolute Gasteiger partial charge is 0.416 e. The van der Waals surface area contributed by atoms with Crippen molar-refractivity contribution >= 4 is 5.91 Å². The molecule has 2 aromatic rings. The second kappa shape index (κ2) is 6.63. The molecule has 5 nitrogen and oxygen atoms in total. The highest BCUT2D eigenvalue weighted by Crippen LogP contribution is 2.36. The molecule has 27 heavy (non-hydrogen) atoms. The van der Waals surface area contributed by atoms with Crippen LogP contribution in [0.1, 0.15) is 23.0 Å². The fourth-order valence-electron chi connectivity index (χ4n) is 2.61. The van der Waals surface area contributed by atoms with Gasteiger partial charge in [0.2, 0.25) is 12.2 Å². The van der Waals surface area contributed by atoms with E-state index in [0.29, 0.717) is 12.1 Å². The van der Waals surface area contributed by atoms with Crippen LogP contribution in [0.25, 0.3) is 0 Å². The molecule has 1 aromatic carbocycles. The van der Waals surface area contributed by atoms with E-state index >= 15 is 0 Å². The van der Waals surface area contributed by atoms with E-state index in [9.17, 15) is 31.1 Å². The van der Waals surface area contributed by atoms with Gasteiger partial charge in [-0.25, -0.2) is 4.68 Å². The minimum absolute atomic E-state index is 0.0717. The topological polar surface area (TPSA) is 50.2 Å². The van der Waals surface area contributed by atoms with Gasteiger partial charge >= 0.3 is 12.4 Å². The predicted molar refractivity (Wildman–Crippen MR) is 80.5 cm³/mol. The number of carbonyl (C=O) groups is 1. The van der Waals surface area contributed by atoms with E-state index in [1.54, 1.807) is 6.07 Å². The predicted octanol–water partition coefficient (Wildman–Crippen LogP) is 3.52. The van der Waals surface area contributed by atoms with Gasteiger partial charge in [-0.05, 0) is 29.8 Å². The normalized spacial score (nSPS) is 17.9. The molecule has 1 atom stereocenters. The summed E-state index contributed by atoms with van der Waals surface area (Å²) in [6.07, 6.45) is -5.40. The summed E-state index contributed by atoms with van der Waals surface area (Å²) in [6, 6.07) is 2.94. The molecule has 1 N–H and O–H groups in total. The fourth-order valence-corrected chi connectivity index (χ4v) is 2.61. The van der Waals surface area contributed by atoms with Gasteiger partial charge in [-0.3, -0.25) is 4.79 Å². The van der Waals surface area contributed by atoms with Crippen LogP contribution in [0.2, 0.25) is 0 Å². The quantitative estimate of drug-likeness (QED) is 0.816. The zero-order valence-corrected chi connectivity index (χ0v) is 13.4. The van der Waals surface area contributed by atoms with Crippen LogP contribution in [0.15, 0.2) is 48.9 Å². The maximum Gasteiger partial charge on any atom is 0.416 e. The lowest BCUT2D eigenvalue weighted by molar-refractivity contribution is -0.143. The molecule has 1 amide bonds. The zero-order valence-electron chi connectivity index (χ0n) is 13.4. The number of benzene rings is 1. The van der Waals surface area contributed by atoms with Crippen LogP contribution in [-0.2, 0) is 23.7 Å². The summed E-state index contributed by atoms with van der Waals surface area (Å²) in [4.78, 5) is 12.9. The molecule has 0 saturated carbocycles. The molecule has 0 spiro atoms. The van der Waals surface area contributed by atoms with E-state index in [-0.39, 0.29) is 18.2 Å². The maximum absolute atomic E-state index is 13.0. The number of halogens is 6. The van der Waals surface area contributed by atoms with Gasteiger partial charge in [0, 0.05) is 31.2 Å². The lowest BCUT2D eigenvalue weighted by atomic mass is 10.0. The summed E-state index contributed by atoms with van der Waals surface area (Å²) in [6.45, 7) is -0.311. The third kappa shape index (κ3) is 4.23. The summed E-state index contributed by atoms with van der Waals surface area (Å²) >= 11 is 0. The Balaban J connectivity index is 1.98. The average Bonchev–Trinajstić information content (AvgIpc) is 3.09. The first-order chi connectivity index (χ1) is 12.5. The van der Waals surface area contributed by atoms with Gasteiger partial charge in [-0.2, -0.15) is 31.4 Å². The molecule has 0 aliphatic carbocycles. The van der Waals surface area contributed by atoms with Crippen molar-refractivity contribution in [2.45, 2.75) is 25.2 Å². The number of aromatic nitrogens is 2. The van der Waals surface area contributed by atoms with Gasteiger partial charge in [-0.15, -0.1) is 0 Å². The molecule has 1 aliphatic heterocycles. The van der Waals surface area contributed by atoms with Gasteiger partial charge in [0.1, 0.15) is 0 Å². The Morgan fingerprint density at radius 2 is 1.67 bits per heavy atom. The number of amides is 1. The molecular weight excluding hydrogens is 378 g/mol. The van der Waals surface area contributed by atoms with Crippen molar-refractivity contribution in [3.05, 3.63) is 65.6 Å². The summed E-state index contributed by atoms with van der Waals surface area (Å²) in [5.74, 6) is -0.466. The van der Waals surface area contributed by atoms with E-state index in [0.717, 1.165) is 6.08 Å². The second-order valence-corrected chi connectivity index (χ2v) is 5.77. The lowest BCUT2D eigenvalue weighted by Gasteiger charge is -2.33. The third-order valence-electron chi connectivity index (χ3n) is 3.79. The molecule has 144 valence electrons. The Morgan fingerprint density at radius 1 is 1.04 bits per heavy atom. The molecule has 2 heterocycles. The van der Waals surface area contributed by atoms with Gasteiger partial charge in [-0.1, -0.05) is 0 Å². The van der Waals surface area contributed by atoms with Crippen LogP contribution < -0.4 is 5.32 Å². The standard InChI is InChI=1S/C16H12F6N4O/c17-15(18,19)11-6-10(7-12(8-11)16(20,21)22)9-25-5-2-13(27)24-14(25)26-4-1-3-23-26/h1-8,14H,9H2,(H,24,27). The molecule has 1 aromatic heterocycles. The van der Waals surface area contributed by atoms with Crippen LogP contribution in [0.4, 0.5) is 26.3 Å². The molecule has 0 radical (unpaired) electrons. The minimum atomic E-state index is -4.93. The zero-order chi connectivity index (χ0) is 19.8. The van der Waals surface area contributed by atoms with E-state index in [1.165, 1.54) is 28.2 Å². The van der Waals surface area contributed by atoms with Crippen LogP contribution in [0, 0.1) is 0 Å². The summed E-state index contributed by atoms with van der Waals surface area (Å²) in [7, 11) is 0. The van der Waals surface area contributed by atoms with Crippen LogP contribution >= 0.6 is 0 Å². The number of hydrogen-bond donors (Lipinski definition) is 1. The number of carbonyl (C=O) groups excluding carboxylic acids is 1. The van der Waals surface area contributed by atoms with E-state index in [4.69, 9.17) is 0 Å². The molecule has 11 heteroatoms. The monoisotopic (exact) mass is 390 g/mol. The minimum Gasteiger partial charge on any atom is -0.335 e. The molecule has 3 rings (SSSR count). The highest BCUT2D eigenvalue weighted by atomic mass is 19.4. The van der Waals surface area contributed by atoms with Gasteiger partial charge < -0.3 is 10.2 Å². The first-order valence-electron chi connectivity index (χ1n) is 7.56. The van der Waals surface area contributed by atoms with Crippen molar-refractivity contribution < 1.29 is 31.1 Å². The Hall–Kier alpha value is -2.98. The van der Waals surface area contributed by atoms with Gasteiger partial charge in [0.05, 0.1) is 11.1 Å². The van der Waals surface area contributed by atoms with Crippen LogP contribution in [0.5, 0.6) is 0 Å². The van der Waals surface area contributed by atoms with E-state index in [1.807, 2.05) is 0 Å². The Labute approximate surface area is 148 Å². The van der Waals surface area contributed by atoms with Crippen molar-refractivity contribution in [3.63, 3.8) is 0 Å². The Kier molecular flexibility index (Phi) is 4.62. The molecule has 1 aliphatic rings. The van der Waals surface area contributed by atoms with Crippen molar-refractivity contribution in [2.24, 2.45) is 0 Å². The summed E-state index contributed by atoms with van der Waals surface area (Å²) in [5.41, 5.74) is -3.00. The molecular formula is C16H12F6N4O. The SMILES string of the molecule is O=C1C=CN(Cc2cc(C(F)(F)F)cc(C(F)(F)F)c2)C(n2cccn2)N1. The maximum atomic E-state index is 13.0. The number of nitrogens with one attached hydrogen (secondary N) is 1. The van der Waals surface area contributed by atoms with Crippen molar-refractivity contribution in [1.29, 1.82) is 0 Å². The Morgan fingerprint density at radius 3 is 2.19 bits per heavy atom. The number of alkyl halides is 6. The van der Waals surface area contributed by atoms with Crippen molar-refractivity contribution in [2.75, 3.05) is 0 Å². The van der Waals surface area contributed by atoms with Crippen LogP contribution in [0.3, 0.4) is 0 Å². The first-order valence-corrected chi connectivity index (χ1v) is 7.56. The lowest BCUT2D eigenvalue weighted by Crippen LogP contribution is -2.44. The van der Waals surface area contributed by atoms with Gasteiger partial charge in [0.15, 0.2) is 0 Å². The number of rotatable bonds is 3. The molecule has 0 fully saturated rings. The average molecular weight is 390 g/mol. The molecule has 0 bridgehead atoms. The van der Waals surface area contributed by atoms with Crippen molar-refractivity contribution in [1.82, 2.24) is 20.0 Å². The number of hydrogen-bond acceptors (Lipinski definition) is 3. The highest BCUT2D eigenvalue weighted by Gasteiger charge is 2.37. The first kappa shape index (κ1) is 18.8. The van der Waals surface area contributed by atoms with E-state index < -0.39 is 35.7 Å². The van der Waals surface area contributed by atoms with Gasteiger partial charge in [0.25, 0.3) is 0 Å². The summed E-state index contributed by atoms with van der Waals surface area (Å²) in [5, 5.41) is 6.48. The van der Waals surface area contributed by atoms with Crippen molar-refractivity contribution in [3.8, 4) is 0 Å². The summed E-state index contributed by atoms with van der Waals surface area (Å²) < 4.78 is 79.3. The third-order valence-corrected chi connectivity index (χ3v) is 3.79. The Bertz CT molecular complexity index is 825. The van der Waals surface area contributed by atoms with Crippen LogP contribution in [-0.4, -0.2) is 20.6 Å². The number of nitrogens with zero attached hydrogens (tertiary/aromatic N) is 3. The molecule has 0 saturated heterocycles. The fraction of sp³-hybridized carbons (Fsp3) is 0.250. The van der Waals surface area contributed by atoms with E-state index in [2.05, 4.69) is 10.4 Å². The highest BCUT2D eigenvalue weighted by molar-refractivity contribution is 5.88.